The third-order valence-electron chi connectivity index (χ3n) is 4.18. The molecule has 118 valence electrons. The summed E-state index contributed by atoms with van der Waals surface area (Å²) in [5.41, 5.74) is 6.08. The van der Waals surface area contributed by atoms with Crippen molar-refractivity contribution in [3.63, 3.8) is 0 Å². The Morgan fingerprint density at radius 1 is 1.14 bits per heavy atom. The smallest absolute Gasteiger partial charge is 0.272 e. The summed E-state index contributed by atoms with van der Waals surface area (Å²) in [4.78, 5) is 20.8. The maximum atomic E-state index is 12.3. The number of hydrogen-bond donors (Lipinski definition) is 1. The van der Waals surface area contributed by atoms with Crippen LogP contribution in [0.3, 0.4) is 0 Å². The van der Waals surface area contributed by atoms with E-state index in [0.717, 1.165) is 32.2 Å². The monoisotopic (exact) mass is 332 g/mol. The highest BCUT2D eigenvalue weighted by atomic mass is 35.5. The maximum Gasteiger partial charge on any atom is 0.272 e. The van der Waals surface area contributed by atoms with Crippen molar-refractivity contribution in [2.75, 3.05) is 31.9 Å². The molecule has 0 bridgehead atoms. The van der Waals surface area contributed by atoms with Crippen LogP contribution in [0.25, 0.3) is 0 Å². The number of carbonyl (C=O) groups is 1. The van der Waals surface area contributed by atoms with Gasteiger partial charge in [0.1, 0.15) is 11.5 Å². The van der Waals surface area contributed by atoms with Gasteiger partial charge in [-0.2, -0.15) is 0 Å². The Hall–Kier alpha value is -1.04. The minimum Gasteiger partial charge on any atom is -0.384 e. The lowest BCUT2D eigenvalue weighted by Gasteiger charge is -2.42. The van der Waals surface area contributed by atoms with E-state index in [9.17, 15) is 4.79 Å². The fraction of sp³-hybridized carbons (Fsp3) is 0.571. The first-order valence-electron chi connectivity index (χ1n) is 7.00. The lowest BCUT2D eigenvalue weighted by molar-refractivity contribution is 0.0451. The van der Waals surface area contributed by atoms with E-state index in [1.54, 1.807) is 18.2 Å². The molecule has 7 heteroatoms. The standard InChI is InChI=1S/C14H20N4O.2ClH/c15-13-6-2-5-12(16-13)14(19)18-9-7-17(8-10-18)11-3-1-4-11;;/h2,5-6,11H,1,3-4,7-10H2,(H2,15,16);2*1H. The molecule has 0 unspecified atom stereocenters. The van der Waals surface area contributed by atoms with Crippen LogP contribution in [-0.4, -0.2) is 52.9 Å². The van der Waals surface area contributed by atoms with Crippen molar-refractivity contribution in [3.05, 3.63) is 23.9 Å². The van der Waals surface area contributed by atoms with Crippen LogP contribution in [0, 0.1) is 0 Å². The van der Waals surface area contributed by atoms with Crippen molar-refractivity contribution < 1.29 is 4.79 Å². The lowest BCUT2D eigenvalue weighted by atomic mass is 9.91. The van der Waals surface area contributed by atoms with Gasteiger partial charge in [-0.1, -0.05) is 12.5 Å². The number of hydrogen-bond acceptors (Lipinski definition) is 4. The number of rotatable bonds is 2. The van der Waals surface area contributed by atoms with Crippen molar-refractivity contribution in [3.8, 4) is 0 Å². The Morgan fingerprint density at radius 3 is 2.33 bits per heavy atom. The van der Waals surface area contributed by atoms with Crippen molar-refractivity contribution in [2.45, 2.75) is 25.3 Å². The fourth-order valence-electron chi connectivity index (χ4n) is 2.77. The molecular formula is C14H22Cl2N4O. The maximum absolute atomic E-state index is 12.3. The number of aromatic nitrogens is 1. The van der Waals surface area contributed by atoms with E-state index >= 15 is 0 Å². The molecule has 1 aromatic heterocycles. The van der Waals surface area contributed by atoms with Gasteiger partial charge in [-0.3, -0.25) is 9.69 Å². The molecule has 2 heterocycles. The van der Waals surface area contributed by atoms with Crippen LogP contribution in [-0.2, 0) is 0 Å². The molecule has 0 atom stereocenters. The SMILES string of the molecule is Cl.Cl.Nc1cccc(C(=O)N2CCN(C3CCC3)CC2)n1. The van der Waals surface area contributed by atoms with Gasteiger partial charge < -0.3 is 10.6 Å². The van der Waals surface area contributed by atoms with Crippen LogP contribution in [0.1, 0.15) is 29.8 Å². The van der Waals surface area contributed by atoms with Crippen LogP contribution < -0.4 is 5.73 Å². The predicted octanol–water partition coefficient (Wildman–Crippen LogP) is 1.82. The van der Waals surface area contributed by atoms with Gasteiger partial charge >= 0.3 is 0 Å². The first-order valence-corrected chi connectivity index (χ1v) is 7.00. The number of halogens is 2. The number of anilines is 1. The largest absolute Gasteiger partial charge is 0.384 e. The Morgan fingerprint density at radius 2 is 1.81 bits per heavy atom. The summed E-state index contributed by atoms with van der Waals surface area (Å²) in [5.74, 6) is 0.402. The van der Waals surface area contributed by atoms with Gasteiger partial charge in [0.2, 0.25) is 0 Å². The molecular weight excluding hydrogens is 311 g/mol. The minimum absolute atomic E-state index is 0. The molecule has 5 nitrogen and oxygen atoms in total. The zero-order chi connectivity index (χ0) is 13.2. The highest BCUT2D eigenvalue weighted by Gasteiger charge is 2.29. The number of amides is 1. The summed E-state index contributed by atoms with van der Waals surface area (Å²) < 4.78 is 0. The van der Waals surface area contributed by atoms with Crippen LogP contribution in [0.15, 0.2) is 18.2 Å². The van der Waals surface area contributed by atoms with Gasteiger partial charge in [-0.25, -0.2) is 4.98 Å². The average Bonchev–Trinajstić information content (AvgIpc) is 2.37. The second-order valence-electron chi connectivity index (χ2n) is 5.36. The van der Waals surface area contributed by atoms with E-state index in [-0.39, 0.29) is 30.7 Å². The molecule has 1 saturated carbocycles. The van der Waals surface area contributed by atoms with Crippen LogP contribution >= 0.6 is 24.8 Å². The molecule has 21 heavy (non-hydrogen) atoms. The van der Waals surface area contributed by atoms with E-state index in [1.807, 2.05) is 4.90 Å². The van der Waals surface area contributed by atoms with E-state index in [0.29, 0.717) is 11.5 Å². The molecule has 2 aliphatic rings. The molecule has 0 aromatic carbocycles. The van der Waals surface area contributed by atoms with Crippen molar-refractivity contribution >= 4 is 36.5 Å². The Balaban J connectivity index is 0.00000110. The van der Waals surface area contributed by atoms with Crippen molar-refractivity contribution in [1.82, 2.24) is 14.8 Å². The molecule has 1 aromatic rings. The zero-order valence-electron chi connectivity index (χ0n) is 11.9. The molecule has 0 radical (unpaired) electrons. The minimum atomic E-state index is 0. The number of nitrogens with zero attached hydrogens (tertiary/aromatic N) is 3. The number of pyridine rings is 1. The highest BCUT2D eigenvalue weighted by Crippen LogP contribution is 2.25. The summed E-state index contributed by atoms with van der Waals surface area (Å²) in [5, 5.41) is 0. The molecule has 2 fully saturated rings. The number of nitrogens with two attached hydrogens (primary N) is 1. The normalized spacial score (nSPS) is 19.1. The van der Waals surface area contributed by atoms with Crippen LogP contribution in [0.4, 0.5) is 5.82 Å². The van der Waals surface area contributed by atoms with Crippen molar-refractivity contribution in [2.24, 2.45) is 0 Å². The Labute approximate surface area is 137 Å². The molecule has 1 aliphatic heterocycles. The quantitative estimate of drug-likeness (QED) is 0.897. The highest BCUT2D eigenvalue weighted by molar-refractivity contribution is 5.92. The fourth-order valence-corrected chi connectivity index (χ4v) is 2.77. The van der Waals surface area contributed by atoms with Crippen LogP contribution in [0.2, 0.25) is 0 Å². The summed E-state index contributed by atoms with van der Waals surface area (Å²) in [6, 6.07) is 5.98. The zero-order valence-corrected chi connectivity index (χ0v) is 13.5. The molecule has 3 rings (SSSR count). The van der Waals surface area contributed by atoms with Gasteiger partial charge in [0.05, 0.1) is 0 Å². The molecule has 1 amide bonds. The number of carbonyl (C=O) groups excluding carboxylic acids is 1. The summed E-state index contributed by atoms with van der Waals surface area (Å²) >= 11 is 0. The summed E-state index contributed by atoms with van der Waals surface area (Å²) in [7, 11) is 0. The first-order chi connectivity index (χ1) is 9.24. The molecule has 2 N–H and O–H groups in total. The van der Waals surface area contributed by atoms with E-state index < -0.39 is 0 Å². The second-order valence-corrected chi connectivity index (χ2v) is 5.36. The number of nitrogen functional groups attached to an aromatic ring is 1. The van der Waals surface area contributed by atoms with Gasteiger partial charge in [0.15, 0.2) is 0 Å². The van der Waals surface area contributed by atoms with Gasteiger partial charge in [0, 0.05) is 32.2 Å². The summed E-state index contributed by atoms with van der Waals surface area (Å²) in [6.45, 7) is 3.56. The third-order valence-corrected chi connectivity index (χ3v) is 4.18. The molecule has 0 spiro atoms. The average molecular weight is 333 g/mol. The van der Waals surface area contributed by atoms with Crippen LogP contribution in [0.5, 0.6) is 0 Å². The van der Waals surface area contributed by atoms with E-state index in [1.165, 1.54) is 19.3 Å². The topological polar surface area (TPSA) is 62.5 Å². The summed E-state index contributed by atoms with van der Waals surface area (Å²) in [6.07, 6.45) is 4.01. The van der Waals surface area contributed by atoms with E-state index in [2.05, 4.69) is 9.88 Å². The van der Waals surface area contributed by atoms with Crippen molar-refractivity contribution in [1.29, 1.82) is 0 Å². The number of piperazine rings is 1. The van der Waals surface area contributed by atoms with Gasteiger partial charge in [0.25, 0.3) is 5.91 Å². The first kappa shape index (κ1) is 18.0. The third kappa shape index (κ3) is 3.99. The molecule has 1 aliphatic carbocycles. The van der Waals surface area contributed by atoms with E-state index in [4.69, 9.17) is 5.73 Å². The molecule has 1 saturated heterocycles. The Kier molecular flexibility index (Phi) is 6.71. The van der Waals surface area contributed by atoms with Gasteiger partial charge in [-0.15, -0.1) is 24.8 Å². The van der Waals surface area contributed by atoms with Gasteiger partial charge in [-0.05, 0) is 25.0 Å². The lowest BCUT2D eigenvalue weighted by Crippen LogP contribution is -2.53. The Bertz CT molecular complexity index is 474. The predicted molar refractivity (Wildman–Crippen MR) is 88.3 cm³/mol. The second kappa shape index (κ2) is 7.82.